The number of oxazole rings is 1. The molecule has 2 N–H and O–H groups in total. The van der Waals surface area contributed by atoms with Gasteiger partial charge in [0.1, 0.15) is 28.9 Å². The van der Waals surface area contributed by atoms with Gasteiger partial charge >= 0.3 is 0 Å². The number of hydrogen-bond donors (Lipinski definition) is 2. The van der Waals surface area contributed by atoms with Gasteiger partial charge in [-0.3, -0.25) is 14.3 Å². The van der Waals surface area contributed by atoms with Crippen LogP contribution in [0.15, 0.2) is 82.7 Å². The molecule has 0 bridgehead atoms. The van der Waals surface area contributed by atoms with Gasteiger partial charge in [0.15, 0.2) is 12.2 Å². The molecule has 44 heavy (non-hydrogen) atoms. The van der Waals surface area contributed by atoms with Crippen LogP contribution >= 0.6 is 0 Å². The summed E-state index contributed by atoms with van der Waals surface area (Å²) in [5, 5.41) is 7.19. The van der Waals surface area contributed by atoms with Crippen molar-refractivity contribution in [3.05, 3.63) is 95.3 Å². The maximum absolute atomic E-state index is 13.9. The molecule has 0 spiro atoms. The molecular formula is C33H34N8O3. The van der Waals surface area contributed by atoms with E-state index >= 15 is 0 Å². The van der Waals surface area contributed by atoms with E-state index < -0.39 is 0 Å². The smallest absolute Gasteiger partial charge is 0.276 e. The van der Waals surface area contributed by atoms with Crippen LogP contribution in [0.1, 0.15) is 43.6 Å². The van der Waals surface area contributed by atoms with Crippen molar-refractivity contribution >= 4 is 39.6 Å². The molecule has 11 heteroatoms. The summed E-state index contributed by atoms with van der Waals surface area (Å²) >= 11 is 0. The van der Waals surface area contributed by atoms with Crippen LogP contribution in [0.5, 0.6) is 5.75 Å². The standard InChI is InChI=1S/C33H34N8O3/c1-40-15-12-27(13-16-40)44-26-10-8-24(9-11-26)38-33-35-18-23-17-28(37-25-7-4-14-34-19-25)32(42)41(31(23)39-33)20-29-30(36-21-43-29)22-5-2-3-6-22/h4-5,7-11,14,17-19,21,27,37H,2-3,6,12-13,15-16,20H2,1H3,(H,35,38,39). The molecule has 1 aliphatic heterocycles. The first-order valence-electron chi connectivity index (χ1n) is 15.0. The second-order valence-electron chi connectivity index (χ2n) is 11.3. The molecule has 0 unspecified atom stereocenters. The van der Waals surface area contributed by atoms with Gasteiger partial charge in [-0.2, -0.15) is 4.98 Å². The zero-order valence-corrected chi connectivity index (χ0v) is 24.6. The molecule has 4 aromatic heterocycles. The van der Waals surface area contributed by atoms with Crippen molar-refractivity contribution in [3.8, 4) is 5.75 Å². The normalized spacial score (nSPS) is 15.8. The van der Waals surface area contributed by atoms with Crippen molar-refractivity contribution in [2.45, 2.75) is 44.8 Å². The number of allylic oxidation sites excluding steroid dienone is 2. The van der Waals surface area contributed by atoms with Crippen molar-refractivity contribution in [2.24, 2.45) is 0 Å². The van der Waals surface area contributed by atoms with Gasteiger partial charge in [0, 0.05) is 36.6 Å². The van der Waals surface area contributed by atoms with Gasteiger partial charge in [-0.05, 0) is 87.2 Å². The van der Waals surface area contributed by atoms with E-state index in [-0.39, 0.29) is 18.2 Å². The van der Waals surface area contributed by atoms with E-state index in [1.54, 1.807) is 29.2 Å². The first-order chi connectivity index (χ1) is 21.6. The Morgan fingerprint density at radius 3 is 2.68 bits per heavy atom. The minimum Gasteiger partial charge on any atom is -0.490 e. The van der Waals surface area contributed by atoms with E-state index in [1.165, 1.54) is 6.39 Å². The van der Waals surface area contributed by atoms with Crippen LogP contribution in [0.3, 0.4) is 0 Å². The van der Waals surface area contributed by atoms with Crippen molar-refractivity contribution in [1.82, 2.24) is 29.4 Å². The molecule has 11 nitrogen and oxygen atoms in total. The topological polar surface area (TPSA) is 123 Å². The van der Waals surface area contributed by atoms with Gasteiger partial charge in [-0.15, -0.1) is 0 Å². The molecule has 0 saturated carbocycles. The Morgan fingerprint density at radius 2 is 1.91 bits per heavy atom. The molecule has 2 aliphatic rings. The Morgan fingerprint density at radius 1 is 1.05 bits per heavy atom. The zero-order chi connectivity index (χ0) is 29.9. The third-order valence-electron chi connectivity index (χ3n) is 8.13. The Balaban J connectivity index is 1.19. The van der Waals surface area contributed by atoms with Crippen LogP contribution in [-0.2, 0) is 6.54 Å². The SMILES string of the molecule is CN1CCC(Oc2ccc(Nc3ncc4cc(Nc5cccnc5)c(=O)n(Cc5ocnc5C5=CCCC5)c4n3)cc2)CC1. The van der Waals surface area contributed by atoms with Crippen LogP contribution in [0.25, 0.3) is 16.6 Å². The van der Waals surface area contributed by atoms with Crippen LogP contribution in [0.4, 0.5) is 23.0 Å². The number of anilines is 4. The second kappa shape index (κ2) is 12.3. The van der Waals surface area contributed by atoms with E-state index in [0.717, 1.165) is 67.9 Å². The highest BCUT2D eigenvalue weighted by atomic mass is 16.5. The number of hydrogen-bond acceptors (Lipinski definition) is 10. The summed E-state index contributed by atoms with van der Waals surface area (Å²) in [4.78, 5) is 34.3. The molecule has 224 valence electrons. The van der Waals surface area contributed by atoms with E-state index in [1.807, 2.05) is 36.4 Å². The predicted molar refractivity (Wildman–Crippen MR) is 170 cm³/mol. The molecular weight excluding hydrogens is 556 g/mol. The molecule has 5 aromatic rings. The van der Waals surface area contributed by atoms with E-state index in [2.05, 4.69) is 43.6 Å². The number of ether oxygens (including phenoxy) is 1. The van der Waals surface area contributed by atoms with E-state index in [9.17, 15) is 4.79 Å². The van der Waals surface area contributed by atoms with E-state index in [0.29, 0.717) is 34.1 Å². The number of piperidine rings is 1. The maximum Gasteiger partial charge on any atom is 0.276 e. The lowest BCUT2D eigenvalue weighted by atomic mass is 10.1. The number of likely N-dealkylation sites (tertiary alicyclic amines) is 1. The molecule has 1 aliphatic carbocycles. The summed E-state index contributed by atoms with van der Waals surface area (Å²) in [6, 6.07) is 13.2. The molecule has 5 heterocycles. The summed E-state index contributed by atoms with van der Waals surface area (Å²) in [5.74, 6) is 1.83. The number of benzene rings is 1. The van der Waals surface area contributed by atoms with Gasteiger partial charge in [-0.1, -0.05) is 6.08 Å². The monoisotopic (exact) mass is 590 g/mol. The largest absolute Gasteiger partial charge is 0.490 e. The lowest BCUT2D eigenvalue weighted by Gasteiger charge is -2.29. The summed E-state index contributed by atoms with van der Waals surface area (Å²) in [7, 11) is 2.14. The maximum atomic E-state index is 13.9. The molecule has 1 aromatic carbocycles. The Labute approximate surface area is 254 Å². The van der Waals surface area contributed by atoms with Gasteiger partial charge < -0.3 is 24.7 Å². The van der Waals surface area contributed by atoms with Crippen molar-refractivity contribution in [2.75, 3.05) is 30.8 Å². The van der Waals surface area contributed by atoms with Crippen molar-refractivity contribution in [1.29, 1.82) is 0 Å². The summed E-state index contributed by atoms with van der Waals surface area (Å²) in [6.07, 6.45) is 14.0. The third kappa shape index (κ3) is 6.04. The number of nitrogens with one attached hydrogen (secondary N) is 2. The lowest BCUT2D eigenvalue weighted by molar-refractivity contribution is 0.114. The van der Waals surface area contributed by atoms with Gasteiger partial charge in [0.05, 0.1) is 18.4 Å². The second-order valence-corrected chi connectivity index (χ2v) is 11.3. The number of nitrogens with zero attached hydrogens (tertiary/aromatic N) is 6. The molecule has 1 fully saturated rings. The molecule has 7 rings (SSSR count). The highest BCUT2D eigenvalue weighted by Crippen LogP contribution is 2.30. The zero-order valence-electron chi connectivity index (χ0n) is 24.6. The van der Waals surface area contributed by atoms with Crippen molar-refractivity contribution in [3.63, 3.8) is 0 Å². The minimum absolute atomic E-state index is 0.171. The number of rotatable bonds is 9. The molecule has 0 radical (unpaired) electrons. The van der Waals surface area contributed by atoms with Crippen LogP contribution in [-0.4, -0.2) is 55.6 Å². The predicted octanol–water partition coefficient (Wildman–Crippen LogP) is 5.75. The van der Waals surface area contributed by atoms with Crippen LogP contribution in [0, 0.1) is 0 Å². The first-order valence-corrected chi connectivity index (χ1v) is 15.0. The lowest BCUT2D eigenvalue weighted by Crippen LogP contribution is -2.35. The first kappa shape index (κ1) is 27.8. The highest BCUT2D eigenvalue weighted by molar-refractivity contribution is 5.81. The van der Waals surface area contributed by atoms with Crippen LogP contribution < -0.4 is 20.9 Å². The van der Waals surface area contributed by atoms with E-state index in [4.69, 9.17) is 14.1 Å². The minimum atomic E-state index is -0.246. The van der Waals surface area contributed by atoms with Gasteiger partial charge in [-0.25, -0.2) is 9.97 Å². The molecule has 0 atom stereocenters. The molecule has 1 saturated heterocycles. The average Bonchev–Trinajstić information content (AvgIpc) is 3.75. The summed E-state index contributed by atoms with van der Waals surface area (Å²) in [5.41, 5.74) is 4.08. The fourth-order valence-electron chi connectivity index (χ4n) is 5.76. The van der Waals surface area contributed by atoms with Crippen molar-refractivity contribution < 1.29 is 9.15 Å². The third-order valence-corrected chi connectivity index (χ3v) is 8.13. The van der Waals surface area contributed by atoms with Gasteiger partial charge in [0.2, 0.25) is 5.95 Å². The summed E-state index contributed by atoms with van der Waals surface area (Å²) < 4.78 is 13.6. The number of fused-ring (bicyclic) bond motifs is 1. The number of pyridine rings is 2. The average molecular weight is 591 g/mol. The number of aromatic nitrogens is 5. The fraction of sp³-hybridized carbons (Fsp3) is 0.303. The Bertz CT molecular complexity index is 1840. The van der Waals surface area contributed by atoms with Gasteiger partial charge in [0.25, 0.3) is 5.56 Å². The Kier molecular flexibility index (Phi) is 7.76. The fourth-order valence-corrected chi connectivity index (χ4v) is 5.76. The Hall–Kier alpha value is -5.03. The highest BCUT2D eigenvalue weighted by Gasteiger charge is 2.20. The quantitative estimate of drug-likeness (QED) is 0.219. The summed E-state index contributed by atoms with van der Waals surface area (Å²) in [6.45, 7) is 2.26. The molecule has 0 amide bonds. The van der Waals surface area contributed by atoms with Crippen LogP contribution in [0.2, 0.25) is 0 Å².